The van der Waals surface area contributed by atoms with Gasteiger partial charge in [-0.2, -0.15) is 0 Å². The van der Waals surface area contributed by atoms with Gasteiger partial charge in [0, 0.05) is 17.6 Å². The molecule has 17 heavy (non-hydrogen) atoms. The number of hydrogen-bond acceptors (Lipinski definition) is 3. The maximum atomic E-state index is 11.5. The third kappa shape index (κ3) is 3.41. The fourth-order valence-corrected chi connectivity index (χ4v) is 1.25. The smallest absolute Gasteiger partial charge is 0.268 e. The Labute approximate surface area is 99.4 Å². The van der Waals surface area contributed by atoms with Crippen molar-refractivity contribution in [1.82, 2.24) is 4.98 Å². The van der Waals surface area contributed by atoms with Gasteiger partial charge in [0.2, 0.25) is 0 Å². The highest BCUT2D eigenvalue weighted by molar-refractivity contribution is 6.12. The molecule has 1 aromatic heterocycles. The molecule has 0 saturated heterocycles. The van der Waals surface area contributed by atoms with E-state index in [1.165, 1.54) is 12.3 Å². The molecule has 5 nitrogen and oxygen atoms in total. The number of nitrogens with zero attached hydrogens (tertiary/aromatic N) is 1. The minimum Gasteiger partial charge on any atom is -0.364 e. The molecule has 92 valence electrons. The maximum absolute atomic E-state index is 11.5. The number of rotatable bonds is 2. The van der Waals surface area contributed by atoms with E-state index in [9.17, 15) is 9.59 Å². The van der Waals surface area contributed by atoms with Gasteiger partial charge in [-0.05, 0) is 13.6 Å². The predicted molar refractivity (Wildman–Crippen MR) is 70.0 cm³/mol. The Kier molecular flexibility index (Phi) is 6.25. The molecular weight excluding hydrogens is 218 g/mol. The molecule has 0 aliphatic rings. The number of hydrogen-bond donors (Lipinski definition) is 2. The van der Waals surface area contributed by atoms with Crippen molar-refractivity contribution < 1.29 is 4.79 Å². The number of pyridine rings is 1. The highest BCUT2D eigenvalue weighted by Gasteiger charge is 2.06. The zero-order valence-corrected chi connectivity index (χ0v) is 10.3. The summed E-state index contributed by atoms with van der Waals surface area (Å²) >= 11 is 0. The van der Waals surface area contributed by atoms with Crippen LogP contribution in [0.2, 0.25) is 0 Å². The molecule has 0 aliphatic heterocycles. The predicted octanol–water partition coefficient (Wildman–Crippen LogP) is -0.504. The number of aromatic nitrogens is 1. The molecule has 0 aliphatic carbocycles. The third-order valence-electron chi connectivity index (χ3n) is 1.91. The lowest BCUT2D eigenvalue weighted by atomic mass is 10.2. The van der Waals surface area contributed by atoms with E-state index in [0.29, 0.717) is 5.35 Å². The van der Waals surface area contributed by atoms with Crippen LogP contribution in [0.1, 0.15) is 20.8 Å². The number of aliphatic imine (C=N–C) groups is 1. The molecule has 1 aromatic rings. The number of carbonyl (C=O) groups excluding carboxylic acids is 1. The highest BCUT2D eigenvalue weighted by Crippen LogP contribution is 1.87. The molecule has 0 unspecified atom stereocenters. The number of amides is 1. The Balaban J connectivity index is 0.00000121. The molecule has 0 radical (unpaired) electrons. The van der Waals surface area contributed by atoms with Crippen LogP contribution in [-0.2, 0) is 4.79 Å². The first-order chi connectivity index (χ1) is 8.11. The van der Waals surface area contributed by atoms with Crippen molar-refractivity contribution in [3.05, 3.63) is 33.1 Å². The first-order valence-electron chi connectivity index (χ1n) is 5.26. The lowest BCUT2D eigenvalue weighted by Gasteiger charge is -1.95. The fourth-order valence-electron chi connectivity index (χ4n) is 1.25. The van der Waals surface area contributed by atoms with Gasteiger partial charge in [0.15, 0.2) is 5.43 Å². The molecule has 0 fully saturated rings. The molecule has 0 saturated carbocycles. The second-order valence-corrected chi connectivity index (χ2v) is 2.79. The molecule has 1 rings (SSSR count). The molecule has 0 bridgehead atoms. The van der Waals surface area contributed by atoms with Gasteiger partial charge in [-0.3, -0.25) is 14.6 Å². The van der Waals surface area contributed by atoms with Gasteiger partial charge in [-0.15, -0.1) is 0 Å². The van der Waals surface area contributed by atoms with Crippen LogP contribution in [0.5, 0.6) is 0 Å². The molecule has 1 heterocycles. The fraction of sp³-hybridized carbons (Fsp3) is 0.250. The molecular formula is C12H17N3O2. The van der Waals surface area contributed by atoms with Crippen LogP contribution in [0.25, 0.3) is 11.8 Å². The summed E-state index contributed by atoms with van der Waals surface area (Å²) in [5.41, 5.74) is 4.66. The largest absolute Gasteiger partial charge is 0.364 e. The normalized spacial score (nSPS) is 12.3. The summed E-state index contributed by atoms with van der Waals surface area (Å²) in [5.74, 6) is -0.773. The topological polar surface area (TPSA) is 88.3 Å². The van der Waals surface area contributed by atoms with E-state index >= 15 is 0 Å². The summed E-state index contributed by atoms with van der Waals surface area (Å²) < 4.78 is 0. The van der Waals surface area contributed by atoms with Gasteiger partial charge in [0.1, 0.15) is 5.70 Å². The van der Waals surface area contributed by atoms with Crippen LogP contribution in [-0.4, -0.2) is 17.6 Å². The van der Waals surface area contributed by atoms with Crippen molar-refractivity contribution in [3.63, 3.8) is 0 Å². The van der Waals surface area contributed by atoms with Gasteiger partial charge in [-0.25, -0.2) is 0 Å². The van der Waals surface area contributed by atoms with Crippen LogP contribution in [0.3, 0.4) is 0 Å². The number of aromatic amines is 1. The third-order valence-corrected chi connectivity index (χ3v) is 1.91. The summed E-state index contributed by atoms with van der Waals surface area (Å²) in [7, 11) is 0. The Hall–Kier alpha value is -2.17. The van der Waals surface area contributed by atoms with Crippen molar-refractivity contribution in [2.24, 2.45) is 10.7 Å². The maximum Gasteiger partial charge on any atom is 0.268 e. The van der Waals surface area contributed by atoms with Crippen LogP contribution in [0.4, 0.5) is 0 Å². The van der Waals surface area contributed by atoms with E-state index in [2.05, 4.69) is 16.7 Å². The number of carbonyl (C=O) groups is 1. The van der Waals surface area contributed by atoms with Crippen LogP contribution < -0.4 is 21.7 Å². The van der Waals surface area contributed by atoms with Crippen molar-refractivity contribution in [2.45, 2.75) is 20.8 Å². The lowest BCUT2D eigenvalue weighted by Crippen LogP contribution is -2.43. The van der Waals surface area contributed by atoms with E-state index in [1.54, 1.807) is 13.0 Å². The van der Waals surface area contributed by atoms with Gasteiger partial charge in [0.05, 0.1) is 5.22 Å². The zero-order valence-electron chi connectivity index (χ0n) is 10.3. The second kappa shape index (κ2) is 7.16. The Bertz CT molecular complexity index is 570. The van der Waals surface area contributed by atoms with Gasteiger partial charge in [-0.1, -0.05) is 19.9 Å². The lowest BCUT2D eigenvalue weighted by molar-refractivity contribution is -0.113. The van der Waals surface area contributed by atoms with Crippen molar-refractivity contribution in [3.8, 4) is 0 Å². The Morgan fingerprint density at radius 2 is 2.12 bits per heavy atom. The van der Waals surface area contributed by atoms with E-state index in [4.69, 9.17) is 5.73 Å². The molecule has 0 spiro atoms. The highest BCUT2D eigenvalue weighted by atomic mass is 16.1. The van der Waals surface area contributed by atoms with E-state index in [0.717, 1.165) is 0 Å². The number of primary amides is 1. The van der Waals surface area contributed by atoms with Crippen LogP contribution in [0.15, 0.2) is 22.1 Å². The first-order valence-corrected chi connectivity index (χ1v) is 5.26. The van der Waals surface area contributed by atoms with Gasteiger partial charge >= 0.3 is 0 Å². The minimum absolute atomic E-state index is 0.120. The van der Waals surface area contributed by atoms with Crippen LogP contribution >= 0.6 is 0 Å². The van der Waals surface area contributed by atoms with Crippen molar-refractivity contribution in [1.29, 1.82) is 0 Å². The van der Waals surface area contributed by atoms with Crippen molar-refractivity contribution in [2.75, 3.05) is 0 Å². The number of nitrogens with one attached hydrogen (secondary N) is 1. The average molecular weight is 235 g/mol. The number of H-pyrrole nitrogens is 1. The molecule has 5 heteroatoms. The zero-order chi connectivity index (χ0) is 13.4. The minimum atomic E-state index is -0.773. The SMILES string of the molecule is C=N/C(C(N)=O)=c1/c(=O)cc[nH]/c1=C/C.CC. The van der Waals surface area contributed by atoms with Crippen LogP contribution in [0, 0.1) is 0 Å². The summed E-state index contributed by atoms with van der Waals surface area (Å²) in [5, 5.41) is 0.659. The Morgan fingerprint density at radius 3 is 2.53 bits per heavy atom. The summed E-state index contributed by atoms with van der Waals surface area (Å²) in [6, 6.07) is 1.30. The quantitative estimate of drug-likeness (QED) is 0.676. The first kappa shape index (κ1) is 14.8. The second-order valence-electron chi connectivity index (χ2n) is 2.79. The van der Waals surface area contributed by atoms with Gasteiger partial charge < -0.3 is 10.7 Å². The standard InChI is InChI=1S/C10H11N3O2.C2H6/c1-3-6-8(7(14)4-5-13-6)9(12-2)10(11)15;1-2/h3-5,13H,2H2,1H3,(H2,11,15);1-2H3/b6-3+,9-8+;. The molecule has 0 atom stereocenters. The van der Waals surface area contributed by atoms with E-state index in [-0.39, 0.29) is 16.3 Å². The van der Waals surface area contributed by atoms with Crippen molar-refractivity contribution >= 4 is 24.4 Å². The van der Waals surface area contributed by atoms with Gasteiger partial charge in [0.25, 0.3) is 5.91 Å². The average Bonchev–Trinajstić information content (AvgIpc) is 2.34. The monoisotopic (exact) mass is 235 g/mol. The molecule has 0 aromatic carbocycles. The van der Waals surface area contributed by atoms with E-state index in [1.807, 2.05) is 13.8 Å². The Morgan fingerprint density at radius 1 is 1.53 bits per heavy atom. The van der Waals surface area contributed by atoms with E-state index < -0.39 is 5.91 Å². The summed E-state index contributed by atoms with van der Waals surface area (Å²) in [4.78, 5) is 28.9. The number of nitrogens with two attached hydrogens (primary N) is 1. The summed E-state index contributed by atoms with van der Waals surface area (Å²) in [6.07, 6.45) is 3.15. The summed E-state index contributed by atoms with van der Waals surface area (Å²) in [6.45, 7) is 8.95. The molecule has 1 amide bonds. The molecule has 3 N–H and O–H groups in total.